The zero-order valence-corrected chi connectivity index (χ0v) is 20.1. The number of hydrogen-bond acceptors (Lipinski definition) is 7. The van der Waals surface area contributed by atoms with Crippen molar-refractivity contribution < 1.29 is 27.5 Å². The van der Waals surface area contributed by atoms with Crippen molar-refractivity contribution in [1.29, 1.82) is 0 Å². The maximum atomic E-state index is 12.9. The Labute approximate surface area is 191 Å². The first-order valence-electron chi connectivity index (χ1n) is 10.0. The molecule has 9 nitrogen and oxygen atoms in total. The van der Waals surface area contributed by atoms with E-state index in [1.807, 2.05) is 13.8 Å². The van der Waals surface area contributed by atoms with E-state index in [9.17, 15) is 22.8 Å². The summed E-state index contributed by atoms with van der Waals surface area (Å²) in [5.74, 6) is -2.01. The Morgan fingerprint density at radius 2 is 1.66 bits per heavy atom. The number of methoxy groups -OCH3 is 1. The van der Waals surface area contributed by atoms with E-state index in [0.717, 1.165) is 11.3 Å². The van der Waals surface area contributed by atoms with Crippen molar-refractivity contribution >= 4 is 44.1 Å². The highest BCUT2D eigenvalue weighted by Crippen LogP contribution is 2.33. The number of rotatable bonds is 10. The molecular formula is C21H27N3O6S2. The Hall–Kier alpha value is -2.76. The standard InChI is InChI=1S/C21H27N3O6S2/c1-5-11-24(12-6-2)32(28,29)15-9-7-14(8-10-15)19(26)23-20-16(18(22)25)13(3)17(31-20)21(27)30-4/h7-10H,5-6,11-12H2,1-4H3,(H2,22,25)(H,23,26). The van der Waals surface area contributed by atoms with Crippen LogP contribution in [0.25, 0.3) is 0 Å². The van der Waals surface area contributed by atoms with Crippen LogP contribution in [0.1, 0.15) is 62.6 Å². The van der Waals surface area contributed by atoms with Gasteiger partial charge in [-0.1, -0.05) is 13.8 Å². The number of nitrogens with one attached hydrogen (secondary N) is 1. The number of primary amides is 1. The van der Waals surface area contributed by atoms with Gasteiger partial charge in [-0.15, -0.1) is 11.3 Å². The van der Waals surface area contributed by atoms with Gasteiger partial charge in [0.25, 0.3) is 11.8 Å². The van der Waals surface area contributed by atoms with E-state index in [4.69, 9.17) is 10.5 Å². The molecule has 2 amide bonds. The second-order valence-corrected chi connectivity index (χ2v) is 9.96. The van der Waals surface area contributed by atoms with Gasteiger partial charge in [-0.05, 0) is 49.6 Å². The highest BCUT2D eigenvalue weighted by molar-refractivity contribution is 7.89. The summed E-state index contributed by atoms with van der Waals surface area (Å²) in [6.45, 7) is 6.17. The number of esters is 1. The van der Waals surface area contributed by atoms with Crippen molar-refractivity contribution in [1.82, 2.24) is 4.31 Å². The molecule has 2 rings (SSSR count). The van der Waals surface area contributed by atoms with Crippen LogP contribution in [0.5, 0.6) is 0 Å². The second kappa shape index (κ2) is 10.7. The highest BCUT2D eigenvalue weighted by Gasteiger charge is 2.26. The minimum Gasteiger partial charge on any atom is -0.465 e. The fourth-order valence-corrected chi connectivity index (χ4v) is 5.89. The average Bonchev–Trinajstić information content (AvgIpc) is 3.08. The van der Waals surface area contributed by atoms with Gasteiger partial charge < -0.3 is 15.8 Å². The van der Waals surface area contributed by atoms with E-state index in [1.54, 1.807) is 0 Å². The van der Waals surface area contributed by atoms with Crippen molar-refractivity contribution in [2.45, 2.75) is 38.5 Å². The molecular weight excluding hydrogens is 454 g/mol. The van der Waals surface area contributed by atoms with Gasteiger partial charge in [-0.2, -0.15) is 4.31 Å². The Balaban J connectivity index is 2.31. The van der Waals surface area contributed by atoms with Gasteiger partial charge in [0.15, 0.2) is 0 Å². The van der Waals surface area contributed by atoms with Crippen LogP contribution in [-0.2, 0) is 14.8 Å². The van der Waals surface area contributed by atoms with Crippen LogP contribution in [0.4, 0.5) is 5.00 Å². The van der Waals surface area contributed by atoms with E-state index in [1.165, 1.54) is 42.6 Å². The van der Waals surface area contributed by atoms with E-state index >= 15 is 0 Å². The molecule has 0 radical (unpaired) electrons. The van der Waals surface area contributed by atoms with Gasteiger partial charge in [-0.25, -0.2) is 13.2 Å². The smallest absolute Gasteiger partial charge is 0.348 e. The zero-order chi connectivity index (χ0) is 24.1. The Kier molecular flexibility index (Phi) is 8.53. The van der Waals surface area contributed by atoms with Crippen LogP contribution in [0.2, 0.25) is 0 Å². The number of anilines is 1. The molecule has 0 spiro atoms. The minimum atomic E-state index is -3.67. The summed E-state index contributed by atoms with van der Waals surface area (Å²) >= 11 is 0.883. The topological polar surface area (TPSA) is 136 Å². The maximum absolute atomic E-state index is 12.9. The van der Waals surface area contributed by atoms with Crippen molar-refractivity contribution in [3.05, 3.63) is 45.8 Å². The fourth-order valence-electron chi connectivity index (χ4n) is 3.14. The minimum absolute atomic E-state index is 0.0257. The third-order valence-corrected chi connectivity index (χ3v) is 7.79. The molecule has 32 heavy (non-hydrogen) atoms. The van der Waals surface area contributed by atoms with Crippen LogP contribution >= 0.6 is 11.3 Å². The SMILES string of the molecule is CCCN(CCC)S(=O)(=O)c1ccc(C(=O)Nc2sc(C(=O)OC)c(C)c2C(N)=O)cc1. The molecule has 0 fully saturated rings. The van der Waals surface area contributed by atoms with Crippen LogP contribution in [0, 0.1) is 6.92 Å². The van der Waals surface area contributed by atoms with Gasteiger partial charge in [0.05, 0.1) is 17.6 Å². The van der Waals surface area contributed by atoms with Crippen molar-refractivity contribution in [3.63, 3.8) is 0 Å². The predicted octanol–water partition coefficient (Wildman–Crippen LogP) is 3.01. The summed E-state index contributed by atoms with van der Waals surface area (Å²) in [4.78, 5) is 36.7. The first-order chi connectivity index (χ1) is 15.1. The number of carbonyl (C=O) groups is 3. The summed E-state index contributed by atoms with van der Waals surface area (Å²) in [6.07, 6.45) is 1.38. The lowest BCUT2D eigenvalue weighted by Crippen LogP contribution is -2.32. The van der Waals surface area contributed by atoms with Crippen molar-refractivity contribution in [2.24, 2.45) is 5.73 Å². The monoisotopic (exact) mass is 481 g/mol. The first-order valence-corrected chi connectivity index (χ1v) is 12.3. The third kappa shape index (κ3) is 5.34. The molecule has 0 unspecified atom stereocenters. The molecule has 1 aromatic heterocycles. The molecule has 2 aromatic rings. The molecule has 3 N–H and O–H groups in total. The highest BCUT2D eigenvalue weighted by atomic mass is 32.2. The normalized spacial score (nSPS) is 11.4. The molecule has 1 aromatic carbocycles. The maximum Gasteiger partial charge on any atom is 0.348 e. The fraction of sp³-hybridized carbons (Fsp3) is 0.381. The number of amides is 2. The number of thiophene rings is 1. The van der Waals surface area contributed by atoms with Crippen LogP contribution in [0.3, 0.4) is 0 Å². The molecule has 11 heteroatoms. The number of ether oxygens (including phenoxy) is 1. The number of nitrogens with zero attached hydrogens (tertiary/aromatic N) is 1. The summed E-state index contributed by atoms with van der Waals surface area (Å²) in [5.41, 5.74) is 5.95. The largest absolute Gasteiger partial charge is 0.465 e. The average molecular weight is 482 g/mol. The van der Waals surface area contributed by atoms with E-state index in [-0.39, 0.29) is 25.9 Å². The molecule has 1 heterocycles. The van der Waals surface area contributed by atoms with Crippen LogP contribution in [-0.4, -0.2) is 50.7 Å². The van der Waals surface area contributed by atoms with E-state index < -0.39 is 27.8 Å². The number of sulfonamides is 1. The van der Waals surface area contributed by atoms with Gasteiger partial charge >= 0.3 is 5.97 Å². The molecule has 0 aliphatic carbocycles. The van der Waals surface area contributed by atoms with Gasteiger partial charge in [0.1, 0.15) is 9.88 Å². The van der Waals surface area contributed by atoms with Gasteiger partial charge in [0, 0.05) is 18.7 Å². The quantitative estimate of drug-likeness (QED) is 0.501. The lowest BCUT2D eigenvalue weighted by atomic mass is 10.1. The van der Waals surface area contributed by atoms with E-state index in [2.05, 4.69) is 5.32 Å². The molecule has 0 atom stereocenters. The van der Waals surface area contributed by atoms with Crippen LogP contribution < -0.4 is 11.1 Å². The predicted molar refractivity (Wildman–Crippen MR) is 123 cm³/mol. The molecule has 0 saturated carbocycles. The summed E-state index contributed by atoms with van der Waals surface area (Å²) < 4.78 is 31.9. The number of benzene rings is 1. The third-order valence-electron chi connectivity index (χ3n) is 4.69. The van der Waals surface area contributed by atoms with E-state index in [0.29, 0.717) is 31.5 Å². The van der Waals surface area contributed by atoms with Gasteiger partial charge in [0.2, 0.25) is 10.0 Å². The summed E-state index contributed by atoms with van der Waals surface area (Å²) in [6, 6.07) is 5.53. The second-order valence-electron chi connectivity index (χ2n) is 7.00. The molecule has 0 aliphatic rings. The number of hydrogen-bond donors (Lipinski definition) is 2. The Bertz CT molecular complexity index is 1100. The lowest BCUT2D eigenvalue weighted by Gasteiger charge is -2.21. The van der Waals surface area contributed by atoms with Gasteiger partial charge in [-0.3, -0.25) is 9.59 Å². The number of carbonyl (C=O) groups excluding carboxylic acids is 3. The lowest BCUT2D eigenvalue weighted by molar-refractivity contribution is 0.0605. The van der Waals surface area contributed by atoms with Crippen molar-refractivity contribution in [2.75, 3.05) is 25.5 Å². The van der Waals surface area contributed by atoms with Crippen LogP contribution in [0.15, 0.2) is 29.2 Å². The summed E-state index contributed by atoms with van der Waals surface area (Å²) in [7, 11) is -2.46. The molecule has 0 aliphatic heterocycles. The number of nitrogens with two attached hydrogens (primary N) is 1. The van der Waals surface area contributed by atoms with Crippen molar-refractivity contribution in [3.8, 4) is 0 Å². The molecule has 174 valence electrons. The Morgan fingerprint density at radius 3 is 2.12 bits per heavy atom. The molecule has 0 bridgehead atoms. The molecule has 0 saturated heterocycles. The Morgan fingerprint density at radius 1 is 1.09 bits per heavy atom. The zero-order valence-electron chi connectivity index (χ0n) is 18.4. The summed E-state index contributed by atoms with van der Waals surface area (Å²) in [5, 5.41) is 2.70. The first kappa shape index (κ1) is 25.5.